The lowest BCUT2D eigenvalue weighted by Crippen LogP contribution is -2.42. The maximum atomic E-state index is 13.4. The highest BCUT2D eigenvalue weighted by Crippen LogP contribution is 2.34. The van der Waals surface area contributed by atoms with Crippen molar-refractivity contribution in [2.75, 3.05) is 18.0 Å². The van der Waals surface area contributed by atoms with E-state index in [1.165, 1.54) is 11.3 Å². The quantitative estimate of drug-likeness (QED) is 0.927. The predicted molar refractivity (Wildman–Crippen MR) is 74.5 cm³/mol. The van der Waals surface area contributed by atoms with E-state index in [0.29, 0.717) is 29.2 Å². The summed E-state index contributed by atoms with van der Waals surface area (Å²) in [5, 5.41) is 0.570. The van der Waals surface area contributed by atoms with E-state index >= 15 is 0 Å². The monoisotopic (exact) mass is 297 g/mol. The number of nitrogens with two attached hydrogens (primary N) is 1. The molecule has 0 saturated carbocycles. The number of aromatic nitrogens is 1. The number of hydrogen-bond acceptors (Lipinski definition) is 4. The lowest BCUT2D eigenvalue weighted by molar-refractivity contribution is -0.0116. The van der Waals surface area contributed by atoms with Gasteiger partial charge in [0.05, 0.1) is 16.8 Å². The number of piperidine rings is 1. The second-order valence-electron chi connectivity index (χ2n) is 4.92. The third kappa shape index (κ3) is 2.45. The maximum absolute atomic E-state index is 13.4. The molecule has 3 rings (SSSR count). The number of halogens is 2. The number of primary amides is 1. The fourth-order valence-electron chi connectivity index (χ4n) is 2.33. The molecule has 1 saturated heterocycles. The Morgan fingerprint density at radius 3 is 2.95 bits per heavy atom. The van der Waals surface area contributed by atoms with Crippen LogP contribution in [0.5, 0.6) is 0 Å². The molecule has 0 aliphatic carbocycles. The Labute approximate surface area is 118 Å². The highest BCUT2D eigenvalue weighted by Gasteiger charge is 2.36. The largest absolute Gasteiger partial charge is 0.366 e. The van der Waals surface area contributed by atoms with Crippen molar-refractivity contribution in [1.29, 1.82) is 0 Å². The first-order valence-corrected chi connectivity index (χ1v) is 7.09. The Morgan fingerprint density at radius 1 is 1.45 bits per heavy atom. The van der Waals surface area contributed by atoms with Gasteiger partial charge in [-0.1, -0.05) is 11.3 Å². The Balaban J connectivity index is 1.94. The van der Waals surface area contributed by atoms with E-state index in [9.17, 15) is 13.6 Å². The van der Waals surface area contributed by atoms with Crippen LogP contribution in [-0.2, 0) is 0 Å². The molecule has 0 unspecified atom stereocenters. The minimum absolute atomic E-state index is 0.0692. The van der Waals surface area contributed by atoms with Crippen molar-refractivity contribution in [3.05, 3.63) is 23.8 Å². The summed E-state index contributed by atoms with van der Waals surface area (Å²) in [6.45, 7) is 0.285. The molecule has 1 aliphatic heterocycles. The molecule has 1 amide bonds. The van der Waals surface area contributed by atoms with Gasteiger partial charge in [-0.2, -0.15) is 0 Å². The number of carbonyl (C=O) groups is 1. The van der Waals surface area contributed by atoms with E-state index in [-0.39, 0.29) is 13.0 Å². The molecule has 1 aromatic heterocycles. The van der Waals surface area contributed by atoms with Gasteiger partial charge in [-0.3, -0.25) is 4.79 Å². The van der Waals surface area contributed by atoms with E-state index in [1.807, 2.05) is 0 Å². The molecule has 4 nitrogen and oxygen atoms in total. The Kier molecular flexibility index (Phi) is 3.08. The van der Waals surface area contributed by atoms with E-state index in [1.54, 1.807) is 23.1 Å². The SMILES string of the molecule is NC(=O)c1ccc2sc(N3CCCC(F)(F)C3)nc2c1. The standard InChI is InChI=1S/C13H13F2N3OS/c14-13(15)4-1-5-18(7-13)12-17-9-6-8(11(16)19)2-3-10(9)20-12/h2-3,6H,1,4-5,7H2,(H2,16,19). The van der Waals surface area contributed by atoms with Crippen LogP contribution in [0.1, 0.15) is 23.2 Å². The van der Waals surface area contributed by atoms with E-state index in [4.69, 9.17) is 5.73 Å². The molecule has 2 N–H and O–H groups in total. The van der Waals surface area contributed by atoms with Gasteiger partial charge in [-0.15, -0.1) is 0 Å². The third-order valence-corrected chi connectivity index (χ3v) is 4.42. The molecule has 2 heterocycles. The van der Waals surface area contributed by atoms with Crippen LogP contribution in [0.4, 0.5) is 13.9 Å². The Hall–Kier alpha value is -1.76. The van der Waals surface area contributed by atoms with Crippen LogP contribution in [0.2, 0.25) is 0 Å². The summed E-state index contributed by atoms with van der Waals surface area (Å²) in [5.41, 5.74) is 6.21. The zero-order valence-corrected chi connectivity index (χ0v) is 11.4. The van der Waals surface area contributed by atoms with E-state index < -0.39 is 11.8 Å². The van der Waals surface area contributed by atoms with Crippen LogP contribution in [0.15, 0.2) is 18.2 Å². The molecule has 1 aliphatic rings. The van der Waals surface area contributed by atoms with Crippen LogP contribution < -0.4 is 10.6 Å². The fourth-order valence-corrected chi connectivity index (χ4v) is 3.30. The third-order valence-electron chi connectivity index (χ3n) is 3.32. The zero-order valence-electron chi connectivity index (χ0n) is 10.6. The summed E-state index contributed by atoms with van der Waals surface area (Å²) >= 11 is 1.35. The van der Waals surface area contributed by atoms with Crippen molar-refractivity contribution >= 4 is 32.6 Å². The van der Waals surface area contributed by atoms with Gasteiger partial charge in [0.2, 0.25) is 5.91 Å². The van der Waals surface area contributed by atoms with Crippen LogP contribution in [-0.4, -0.2) is 29.9 Å². The van der Waals surface area contributed by atoms with Crippen molar-refractivity contribution < 1.29 is 13.6 Å². The second kappa shape index (κ2) is 4.66. The summed E-state index contributed by atoms with van der Waals surface area (Å²) in [4.78, 5) is 17.1. The number of anilines is 1. The summed E-state index contributed by atoms with van der Waals surface area (Å²) in [5.74, 6) is -3.18. The minimum Gasteiger partial charge on any atom is -0.366 e. The Bertz CT molecular complexity index is 671. The summed E-state index contributed by atoms with van der Waals surface area (Å²) < 4.78 is 27.7. The number of hydrogen-bond donors (Lipinski definition) is 1. The molecule has 106 valence electrons. The number of thiazole rings is 1. The van der Waals surface area contributed by atoms with E-state index in [2.05, 4.69) is 4.98 Å². The Morgan fingerprint density at radius 2 is 2.25 bits per heavy atom. The fraction of sp³-hybridized carbons (Fsp3) is 0.385. The molecule has 2 aromatic rings. The highest BCUT2D eigenvalue weighted by molar-refractivity contribution is 7.22. The van der Waals surface area contributed by atoms with Crippen LogP contribution >= 0.6 is 11.3 Å². The number of amides is 1. The zero-order chi connectivity index (χ0) is 14.3. The van der Waals surface area contributed by atoms with Gasteiger partial charge < -0.3 is 10.6 Å². The van der Waals surface area contributed by atoms with Gasteiger partial charge in [0.15, 0.2) is 5.13 Å². The van der Waals surface area contributed by atoms with Crippen LogP contribution in [0, 0.1) is 0 Å². The molecular weight excluding hydrogens is 284 g/mol. The highest BCUT2D eigenvalue weighted by atomic mass is 32.1. The molecule has 1 fully saturated rings. The van der Waals surface area contributed by atoms with Crippen molar-refractivity contribution in [3.8, 4) is 0 Å². The van der Waals surface area contributed by atoms with Crippen LogP contribution in [0.3, 0.4) is 0 Å². The van der Waals surface area contributed by atoms with Gasteiger partial charge in [0, 0.05) is 18.5 Å². The summed E-state index contributed by atoms with van der Waals surface area (Å²) in [6.07, 6.45) is 0.385. The van der Waals surface area contributed by atoms with Crippen molar-refractivity contribution in [2.24, 2.45) is 5.73 Å². The predicted octanol–water partition coefficient (Wildman–Crippen LogP) is 2.63. The average molecular weight is 297 g/mol. The topological polar surface area (TPSA) is 59.2 Å². The van der Waals surface area contributed by atoms with Crippen LogP contribution in [0.25, 0.3) is 10.2 Å². The smallest absolute Gasteiger partial charge is 0.265 e. The molecule has 0 bridgehead atoms. The van der Waals surface area contributed by atoms with Gasteiger partial charge >= 0.3 is 0 Å². The van der Waals surface area contributed by atoms with Gasteiger partial charge in [0.25, 0.3) is 5.92 Å². The number of carbonyl (C=O) groups excluding carboxylic acids is 1. The van der Waals surface area contributed by atoms with Crippen molar-refractivity contribution in [3.63, 3.8) is 0 Å². The van der Waals surface area contributed by atoms with Gasteiger partial charge in [-0.25, -0.2) is 13.8 Å². The van der Waals surface area contributed by atoms with Crippen molar-refractivity contribution in [1.82, 2.24) is 4.98 Å². The molecule has 20 heavy (non-hydrogen) atoms. The lowest BCUT2D eigenvalue weighted by Gasteiger charge is -2.32. The molecule has 0 atom stereocenters. The molecule has 1 aromatic carbocycles. The number of nitrogens with zero attached hydrogens (tertiary/aromatic N) is 2. The normalized spacial score (nSPS) is 18.4. The summed E-state index contributed by atoms with van der Waals surface area (Å²) in [7, 11) is 0. The molecule has 0 radical (unpaired) electrons. The number of fused-ring (bicyclic) bond motifs is 1. The first kappa shape index (κ1) is 13.2. The summed E-state index contributed by atoms with van der Waals surface area (Å²) in [6, 6.07) is 4.97. The lowest BCUT2D eigenvalue weighted by atomic mass is 10.1. The molecular formula is C13H13F2N3OS. The minimum atomic E-state index is -2.66. The van der Waals surface area contributed by atoms with Gasteiger partial charge in [0.1, 0.15) is 0 Å². The molecule has 7 heteroatoms. The number of alkyl halides is 2. The maximum Gasteiger partial charge on any atom is 0.265 e. The van der Waals surface area contributed by atoms with Gasteiger partial charge in [-0.05, 0) is 24.6 Å². The number of rotatable bonds is 2. The van der Waals surface area contributed by atoms with Crippen molar-refractivity contribution in [2.45, 2.75) is 18.8 Å². The second-order valence-corrected chi connectivity index (χ2v) is 5.93. The first-order valence-electron chi connectivity index (χ1n) is 6.28. The number of benzene rings is 1. The first-order chi connectivity index (χ1) is 9.44. The average Bonchev–Trinajstić information content (AvgIpc) is 2.80. The van der Waals surface area contributed by atoms with E-state index in [0.717, 1.165) is 4.70 Å². The molecule has 0 spiro atoms.